The maximum atomic E-state index is 10.8. The zero-order valence-electron chi connectivity index (χ0n) is 8.30. The largest absolute Gasteiger partial charge is 0.369 e. The SMILES string of the molecule is CS(=O)CCCNc1ncc(Cl)cc1Cl. The fourth-order valence-electron chi connectivity index (χ4n) is 1.03. The monoisotopic (exact) mass is 266 g/mol. The molecule has 0 spiro atoms. The first-order chi connectivity index (χ1) is 7.09. The van der Waals surface area contributed by atoms with Crippen LogP contribution in [-0.4, -0.2) is 27.7 Å². The second kappa shape index (κ2) is 6.30. The Hall–Kier alpha value is -0.320. The molecular weight excluding hydrogens is 255 g/mol. The van der Waals surface area contributed by atoms with Gasteiger partial charge in [-0.3, -0.25) is 4.21 Å². The Bertz CT molecular complexity index is 360. The Kier molecular flexibility index (Phi) is 5.36. The van der Waals surface area contributed by atoms with Crippen molar-refractivity contribution in [3.8, 4) is 0 Å². The summed E-state index contributed by atoms with van der Waals surface area (Å²) < 4.78 is 10.8. The standard InChI is InChI=1S/C9H12Cl2N2OS/c1-15(14)4-2-3-12-9-8(11)5-7(10)6-13-9/h5-6H,2-4H2,1H3,(H,12,13). The van der Waals surface area contributed by atoms with Gasteiger partial charge in [-0.05, 0) is 12.5 Å². The van der Waals surface area contributed by atoms with E-state index in [1.165, 1.54) is 6.20 Å². The summed E-state index contributed by atoms with van der Waals surface area (Å²) in [5, 5.41) is 4.07. The Morgan fingerprint density at radius 2 is 2.27 bits per heavy atom. The molecule has 0 amide bonds. The van der Waals surface area contributed by atoms with Gasteiger partial charge in [0.05, 0.1) is 10.0 Å². The number of anilines is 1. The van der Waals surface area contributed by atoms with Crippen LogP contribution in [0.1, 0.15) is 6.42 Å². The van der Waals surface area contributed by atoms with E-state index in [2.05, 4.69) is 10.3 Å². The molecule has 1 N–H and O–H groups in total. The van der Waals surface area contributed by atoms with Gasteiger partial charge in [0.15, 0.2) is 0 Å². The van der Waals surface area contributed by atoms with E-state index >= 15 is 0 Å². The number of rotatable bonds is 5. The average Bonchev–Trinajstić information content (AvgIpc) is 2.14. The molecule has 0 saturated heterocycles. The predicted molar refractivity (Wildman–Crippen MR) is 66.3 cm³/mol. The van der Waals surface area contributed by atoms with Gasteiger partial charge in [0, 0.05) is 35.5 Å². The second-order valence-electron chi connectivity index (χ2n) is 3.04. The minimum Gasteiger partial charge on any atom is -0.369 e. The Morgan fingerprint density at radius 3 is 2.87 bits per heavy atom. The van der Waals surface area contributed by atoms with Crippen molar-refractivity contribution in [1.29, 1.82) is 0 Å². The summed E-state index contributed by atoms with van der Waals surface area (Å²) in [6, 6.07) is 1.64. The highest BCUT2D eigenvalue weighted by Gasteiger charge is 2.01. The average molecular weight is 267 g/mol. The molecule has 1 unspecified atom stereocenters. The van der Waals surface area contributed by atoms with Crippen molar-refractivity contribution < 1.29 is 4.21 Å². The Morgan fingerprint density at radius 1 is 1.53 bits per heavy atom. The second-order valence-corrected chi connectivity index (χ2v) is 5.44. The Balaban J connectivity index is 2.40. The van der Waals surface area contributed by atoms with Crippen molar-refractivity contribution in [2.75, 3.05) is 23.9 Å². The van der Waals surface area contributed by atoms with E-state index in [-0.39, 0.29) is 0 Å². The van der Waals surface area contributed by atoms with Crippen molar-refractivity contribution in [1.82, 2.24) is 4.98 Å². The Labute approximate surface area is 102 Å². The summed E-state index contributed by atoms with van der Waals surface area (Å²) in [5.41, 5.74) is 0. The van der Waals surface area contributed by atoms with Crippen LogP contribution in [0.5, 0.6) is 0 Å². The zero-order chi connectivity index (χ0) is 11.3. The lowest BCUT2D eigenvalue weighted by atomic mass is 10.4. The predicted octanol–water partition coefficient (Wildman–Crippen LogP) is 2.57. The number of hydrogen-bond donors (Lipinski definition) is 1. The summed E-state index contributed by atoms with van der Waals surface area (Å²) in [5.74, 6) is 1.29. The van der Waals surface area contributed by atoms with Crippen molar-refractivity contribution in [2.24, 2.45) is 0 Å². The first kappa shape index (κ1) is 12.7. The van der Waals surface area contributed by atoms with Crippen LogP contribution in [0, 0.1) is 0 Å². The van der Waals surface area contributed by atoms with E-state index < -0.39 is 10.8 Å². The molecule has 1 heterocycles. The van der Waals surface area contributed by atoms with E-state index in [0.29, 0.717) is 28.2 Å². The number of hydrogen-bond acceptors (Lipinski definition) is 3. The van der Waals surface area contributed by atoms with Crippen molar-refractivity contribution >= 4 is 39.8 Å². The molecule has 1 aromatic rings. The van der Waals surface area contributed by atoms with Crippen LogP contribution in [0.4, 0.5) is 5.82 Å². The van der Waals surface area contributed by atoms with Crippen LogP contribution in [0.2, 0.25) is 10.0 Å². The molecule has 0 aliphatic carbocycles. The number of halogens is 2. The van der Waals surface area contributed by atoms with E-state index in [1.54, 1.807) is 12.3 Å². The lowest BCUT2D eigenvalue weighted by molar-refractivity contribution is 0.685. The molecule has 0 radical (unpaired) electrons. The van der Waals surface area contributed by atoms with Gasteiger partial charge in [0.25, 0.3) is 0 Å². The highest BCUT2D eigenvalue weighted by atomic mass is 35.5. The molecule has 0 aliphatic heterocycles. The highest BCUT2D eigenvalue weighted by Crippen LogP contribution is 2.22. The van der Waals surface area contributed by atoms with Gasteiger partial charge in [-0.2, -0.15) is 0 Å². The number of pyridine rings is 1. The summed E-state index contributed by atoms with van der Waals surface area (Å²) in [6.07, 6.45) is 4.05. The maximum absolute atomic E-state index is 10.8. The highest BCUT2D eigenvalue weighted by molar-refractivity contribution is 7.84. The molecule has 1 rings (SSSR count). The number of aromatic nitrogens is 1. The molecule has 15 heavy (non-hydrogen) atoms. The smallest absolute Gasteiger partial charge is 0.144 e. The lowest BCUT2D eigenvalue weighted by Crippen LogP contribution is -2.07. The molecule has 0 fully saturated rings. The molecule has 6 heteroatoms. The summed E-state index contributed by atoms with van der Waals surface area (Å²) in [4.78, 5) is 4.04. The van der Waals surface area contributed by atoms with Gasteiger partial charge in [-0.15, -0.1) is 0 Å². The third-order valence-electron chi connectivity index (χ3n) is 1.71. The summed E-state index contributed by atoms with van der Waals surface area (Å²) in [7, 11) is -0.747. The van der Waals surface area contributed by atoms with Crippen LogP contribution >= 0.6 is 23.2 Å². The van der Waals surface area contributed by atoms with Crippen LogP contribution in [0.15, 0.2) is 12.3 Å². The third-order valence-corrected chi connectivity index (χ3v) is 3.07. The normalized spacial score (nSPS) is 12.5. The number of nitrogens with one attached hydrogen (secondary N) is 1. The summed E-state index contributed by atoms with van der Waals surface area (Å²) >= 11 is 11.6. The lowest BCUT2D eigenvalue weighted by Gasteiger charge is -2.06. The van der Waals surface area contributed by atoms with Gasteiger partial charge >= 0.3 is 0 Å². The molecule has 84 valence electrons. The fraction of sp³-hybridized carbons (Fsp3) is 0.444. The molecule has 0 bridgehead atoms. The molecule has 3 nitrogen and oxygen atoms in total. The molecule has 0 saturated carbocycles. The van der Waals surface area contributed by atoms with Crippen LogP contribution in [0.25, 0.3) is 0 Å². The molecule has 1 aromatic heterocycles. The van der Waals surface area contributed by atoms with Crippen LogP contribution in [0.3, 0.4) is 0 Å². The van der Waals surface area contributed by atoms with Crippen molar-refractivity contribution in [3.63, 3.8) is 0 Å². The first-order valence-corrected chi connectivity index (χ1v) is 6.93. The molecule has 1 atom stereocenters. The topological polar surface area (TPSA) is 42.0 Å². The zero-order valence-corrected chi connectivity index (χ0v) is 10.6. The van der Waals surface area contributed by atoms with Gasteiger partial charge < -0.3 is 5.32 Å². The molecule has 0 aromatic carbocycles. The van der Waals surface area contributed by atoms with E-state index in [0.717, 1.165) is 6.42 Å². The van der Waals surface area contributed by atoms with Crippen LogP contribution in [-0.2, 0) is 10.8 Å². The van der Waals surface area contributed by atoms with Crippen molar-refractivity contribution in [2.45, 2.75) is 6.42 Å². The molecule has 0 aliphatic rings. The first-order valence-electron chi connectivity index (χ1n) is 4.44. The molecular formula is C9H12Cl2N2OS. The van der Waals surface area contributed by atoms with E-state index in [1.807, 2.05) is 0 Å². The quantitative estimate of drug-likeness (QED) is 0.834. The maximum Gasteiger partial charge on any atom is 0.144 e. The van der Waals surface area contributed by atoms with Crippen LogP contribution < -0.4 is 5.32 Å². The van der Waals surface area contributed by atoms with Gasteiger partial charge in [0.1, 0.15) is 5.82 Å². The van der Waals surface area contributed by atoms with Crippen molar-refractivity contribution in [3.05, 3.63) is 22.3 Å². The minimum absolute atomic E-state index is 0.500. The van der Waals surface area contributed by atoms with Gasteiger partial charge in [0.2, 0.25) is 0 Å². The van der Waals surface area contributed by atoms with E-state index in [4.69, 9.17) is 23.2 Å². The minimum atomic E-state index is -0.747. The third kappa shape index (κ3) is 4.82. The number of nitrogens with zero attached hydrogens (tertiary/aromatic N) is 1. The summed E-state index contributed by atoms with van der Waals surface area (Å²) in [6.45, 7) is 0.702. The van der Waals surface area contributed by atoms with E-state index in [9.17, 15) is 4.21 Å². The van der Waals surface area contributed by atoms with Gasteiger partial charge in [-0.1, -0.05) is 23.2 Å². The fourth-order valence-corrected chi connectivity index (χ4v) is 2.02. The van der Waals surface area contributed by atoms with Gasteiger partial charge in [-0.25, -0.2) is 4.98 Å².